The summed E-state index contributed by atoms with van der Waals surface area (Å²) in [4.78, 5) is 0. The van der Waals surface area contributed by atoms with Crippen molar-refractivity contribution < 1.29 is 5.21 Å². The lowest BCUT2D eigenvalue weighted by Gasteiger charge is -1.95. The van der Waals surface area contributed by atoms with Crippen LogP contribution in [-0.4, -0.2) is 9.94 Å². The monoisotopic (exact) mass is 161 g/mol. The van der Waals surface area contributed by atoms with Crippen molar-refractivity contribution in [1.82, 2.24) is 4.73 Å². The highest BCUT2D eigenvalue weighted by Gasteiger charge is 2.07. The van der Waals surface area contributed by atoms with Gasteiger partial charge in [-0.05, 0) is 25.5 Å². The van der Waals surface area contributed by atoms with Gasteiger partial charge >= 0.3 is 0 Å². The van der Waals surface area contributed by atoms with Gasteiger partial charge in [0.25, 0.3) is 0 Å². The van der Waals surface area contributed by atoms with Crippen LogP contribution in [0.2, 0.25) is 0 Å². The van der Waals surface area contributed by atoms with Crippen molar-refractivity contribution in [2.24, 2.45) is 0 Å². The van der Waals surface area contributed by atoms with Gasteiger partial charge in [0, 0.05) is 5.39 Å². The molecule has 0 atom stereocenters. The van der Waals surface area contributed by atoms with Gasteiger partial charge in [0.15, 0.2) is 0 Å². The minimum atomic E-state index is 0.882. The molecule has 1 aromatic heterocycles. The molecule has 0 fully saturated rings. The van der Waals surface area contributed by atoms with Crippen molar-refractivity contribution in [3.63, 3.8) is 0 Å². The van der Waals surface area contributed by atoms with E-state index >= 15 is 0 Å². The molecule has 0 saturated heterocycles. The second kappa shape index (κ2) is 2.27. The highest BCUT2D eigenvalue weighted by atomic mass is 16.5. The Balaban J connectivity index is 2.99. The lowest BCUT2D eigenvalue weighted by Crippen LogP contribution is -1.91. The zero-order valence-electron chi connectivity index (χ0n) is 7.20. The third kappa shape index (κ3) is 0.749. The van der Waals surface area contributed by atoms with Crippen LogP contribution in [-0.2, 0) is 0 Å². The molecule has 0 radical (unpaired) electrons. The Morgan fingerprint density at radius 1 is 1.17 bits per heavy atom. The molecule has 1 aromatic carbocycles. The lowest BCUT2D eigenvalue weighted by molar-refractivity contribution is 0.193. The van der Waals surface area contributed by atoms with Crippen LogP contribution in [0.5, 0.6) is 0 Å². The van der Waals surface area contributed by atoms with E-state index in [-0.39, 0.29) is 0 Å². The second-order valence-corrected chi connectivity index (χ2v) is 3.04. The summed E-state index contributed by atoms with van der Waals surface area (Å²) < 4.78 is 1.24. The molecule has 1 N–H and O–H groups in total. The van der Waals surface area contributed by atoms with Crippen molar-refractivity contribution in [2.75, 3.05) is 0 Å². The van der Waals surface area contributed by atoms with Crippen LogP contribution >= 0.6 is 0 Å². The maximum absolute atomic E-state index is 9.60. The second-order valence-electron chi connectivity index (χ2n) is 3.04. The predicted molar refractivity (Wildman–Crippen MR) is 48.6 cm³/mol. The summed E-state index contributed by atoms with van der Waals surface area (Å²) in [7, 11) is 0. The van der Waals surface area contributed by atoms with Crippen molar-refractivity contribution in [1.29, 1.82) is 0 Å². The summed E-state index contributed by atoms with van der Waals surface area (Å²) in [5, 5.41) is 10.7. The molecule has 1 heterocycles. The Morgan fingerprint density at radius 2 is 1.83 bits per heavy atom. The average molecular weight is 161 g/mol. The smallest absolute Gasteiger partial charge is 0.0871 e. The van der Waals surface area contributed by atoms with E-state index < -0.39 is 0 Å². The molecule has 12 heavy (non-hydrogen) atoms. The normalized spacial score (nSPS) is 10.8. The summed E-state index contributed by atoms with van der Waals surface area (Å²) in [5.41, 5.74) is 2.94. The molecule has 0 aliphatic heterocycles. The molecule has 2 rings (SSSR count). The number of hydrogen-bond donors (Lipinski definition) is 1. The van der Waals surface area contributed by atoms with Crippen LogP contribution < -0.4 is 0 Å². The fraction of sp³-hybridized carbons (Fsp3) is 0.200. The highest BCUT2D eigenvalue weighted by molar-refractivity contribution is 5.84. The largest absolute Gasteiger partial charge is 0.428 e. The molecule has 0 spiro atoms. The fourth-order valence-electron chi connectivity index (χ4n) is 1.51. The van der Waals surface area contributed by atoms with Gasteiger partial charge in [-0.1, -0.05) is 18.2 Å². The Morgan fingerprint density at radius 3 is 2.50 bits per heavy atom. The number of benzene rings is 1. The summed E-state index contributed by atoms with van der Waals surface area (Å²) in [6, 6.07) is 7.84. The number of fused-ring (bicyclic) bond motifs is 1. The van der Waals surface area contributed by atoms with Crippen LogP contribution in [0, 0.1) is 13.8 Å². The minimum absolute atomic E-state index is 0.882. The third-order valence-electron chi connectivity index (χ3n) is 2.40. The predicted octanol–water partition coefficient (Wildman–Crippen LogP) is 2.50. The molecule has 2 aromatic rings. The van der Waals surface area contributed by atoms with Crippen molar-refractivity contribution in [3.8, 4) is 0 Å². The van der Waals surface area contributed by atoms with E-state index in [2.05, 4.69) is 0 Å². The zero-order chi connectivity index (χ0) is 8.72. The first-order chi connectivity index (χ1) is 5.72. The van der Waals surface area contributed by atoms with E-state index in [1.807, 2.05) is 38.1 Å². The SMILES string of the molecule is Cc1c(C)n(O)c2ccccc12. The minimum Gasteiger partial charge on any atom is -0.428 e. The molecule has 62 valence electrons. The van der Waals surface area contributed by atoms with Crippen LogP contribution in [0.4, 0.5) is 0 Å². The average Bonchev–Trinajstić information content (AvgIpc) is 2.33. The van der Waals surface area contributed by atoms with Crippen LogP contribution in [0.25, 0.3) is 10.9 Å². The van der Waals surface area contributed by atoms with Gasteiger partial charge in [0.05, 0.1) is 11.2 Å². The number of nitrogens with zero attached hydrogens (tertiary/aromatic N) is 1. The Kier molecular flexibility index (Phi) is 1.37. The first-order valence-corrected chi connectivity index (χ1v) is 3.97. The number of para-hydroxylation sites is 1. The highest BCUT2D eigenvalue weighted by Crippen LogP contribution is 2.22. The maximum Gasteiger partial charge on any atom is 0.0871 e. The van der Waals surface area contributed by atoms with E-state index in [9.17, 15) is 5.21 Å². The van der Waals surface area contributed by atoms with Gasteiger partial charge in [0.2, 0.25) is 0 Å². The van der Waals surface area contributed by atoms with Crippen LogP contribution in [0.15, 0.2) is 24.3 Å². The summed E-state index contributed by atoms with van der Waals surface area (Å²) in [6.45, 7) is 3.93. The van der Waals surface area contributed by atoms with Gasteiger partial charge in [-0.25, -0.2) is 0 Å². The number of aromatic nitrogens is 1. The Labute approximate surface area is 71.0 Å². The molecular formula is C10H11NO. The molecule has 2 heteroatoms. The molecule has 0 amide bonds. The van der Waals surface area contributed by atoms with E-state index in [1.54, 1.807) is 0 Å². The Bertz CT molecular complexity index is 390. The lowest BCUT2D eigenvalue weighted by atomic mass is 10.2. The van der Waals surface area contributed by atoms with Gasteiger partial charge in [0.1, 0.15) is 0 Å². The first kappa shape index (κ1) is 7.22. The summed E-state index contributed by atoms with van der Waals surface area (Å²) in [6.07, 6.45) is 0. The van der Waals surface area contributed by atoms with Crippen LogP contribution in [0.3, 0.4) is 0 Å². The summed E-state index contributed by atoms with van der Waals surface area (Å²) >= 11 is 0. The first-order valence-electron chi connectivity index (χ1n) is 3.97. The van der Waals surface area contributed by atoms with Gasteiger partial charge in [-0.15, -0.1) is 0 Å². The van der Waals surface area contributed by atoms with Gasteiger partial charge < -0.3 is 5.21 Å². The molecule has 0 aliphatic rings. The maximum atomic E-state index is 9.60. The fourth-order valence-corrected chi connectivity index (χ4v) is 1.51. The van der Waals surface area contributed by atoms with Crippen molar-refractivity contribution in [2.45, 2.75) is 13.8 Å². The van der Waals surface area contributed by atoms with Gasteiger partial charge in [-0.3, -0.25) is 0 Å². The molecule has 0 saturated carbocycles. The number of hydrogen-bond acceptors (Lipinski definition) is 1. The van der Waals surface area contributed by atoms with E-state index in [0.29, 0.717) is 0 Å². The third-order valence-corrected chi connectivity index (χ3v) is 2.40. The van der Waals surface area contributed by atoms with Crippen molar-refractivity contribution in [3.05, 3.63) is 35.5 Å². The van der Waals surface area contributed by atoms with E-state index in [4.69, 9.17) is 0 Å². The molecule has 0 aliphatic carbocycles. The van der Waals surface area contributed by atoms with Crippen LogP contribution in [0.1, 0.15) is 11.3 Å². The topological polar surface area (TPSA) is 25.2 Å². The standard InChI is InChI=1S/C10H11NO/c1-7-8(2)11(12)10-6-4-3-5-9(7)10/h3-6,12H,1-2H3. The number of aryl methyl sites for hydroxylation is 1. The zero-order valence-corrected chi connectivity index (χ0v) is 7.20. The Hall–Kier alpha value is -1.44. The van der Waals surface area contributed by atoms with Gasteiger partial charge in [-0.2, -0.15) is 4.73 Å². The summed E-state index contributed by atoms with van der Waals surface area (Å²) in [5.74, 6) is 0. The van der Waals surface area contributed by atoms with Crippen molar-refractivity contribution >= 4 is 10.9 Å². The van der Waals surface area contributed by atoms with E-state index in [0.717, 1.165) is 22.2 Å². The number of rotatable bonds is 0. The molecule has 0 bridgehead atoms. The van der Waals surface area contributed by atoms with E-state index in [1.165, 1.54) is 4.73 Å². The quantitative estimate of drug-likeness (QED) is 0.590. The molecular weight excluding hydrogens is 150 g/mol. The molecule has 2 nitrogen and oxygen atoms in total. The molecule has 0 unspecified atom stereocenters.